The first kappa shape index (κ1) is 19.3. The summed E-state index contributed by atoms with van der Waals surface area (Å²) in [7, 11) is -3.24. The van der Waals surface area contributed by atoms with Crippen molar-refractivity contribution in [3.63, 3.8) is 0 Å². The zero-order valence-electron chi connectivity index (χ0n) is 12.8. The maximum absolute atomic E-state index is 11.7. The zero-order valence-corrected chi connectivity index (χ0v) is 16.8. The summed E-state index contributed by atoms with van der Waals surface area (Å²) < 4.78 is 43.0. The summed E-state index contributed by atoms with van der Waals surface area (Å²) >= 11 is 0. The van der Waals surface area contributed by atoms with E-state index in [9.17, 15) is 17.8 Å². The first-order valence-corrected chi connectivity index (χ1v) is 7.85. The van der Waals surface area contributed by atoms with Crippen LogP contribution < -0.4 is 51.4 Å². The molecular weight excluding hydrogens is 361 g/mol. The molecule has 0 radical (unpaired) electrons. The molecule has 0 aliphatic heterocycles. The van der Waals surface area contributed by atoms with Crippen molar-refractivity contribution in [2.45, 2.75) is 4.90 Å². The predicted molar refractivity (Wildman–Crippen MR) is 78.7 cm³/mol. The number of methoxy groups -OCH3 is 1. The Hall–Kier alpha value is -1.07. The van der Waals surface area contributed by atoms with Gasteiger partial charge in [-0.15, -0.1) is 0 Å². The maximum atomic E-state index is 11.7. The Labute approximate surface area is 180 Å². The van der Waals surface area contributed by atoms with Gasteiger partial charge in [0.25, 0.3) is 0 Å². The van der Waals surface area contributed by atoms with Crippen LogP contribution in [0.1, 0.15) is 10.4 Å². The van der Waals surface area contributed by atoms with Gasteiger partial charge < -0.3 is 13.7 Å². The first-order chi connectivity index (χ1) is 10.9. The third-order valence-corrected chi connectivity index (χ3v) is 4.06. The summed E-state index contributed by atoms with van der Waals surface area (Å²) in [5, 5.41) is 0. The van der Waals surface area contributed by atoms with Crippen molar-refractivity contribution in [1.29, 1.82) is 0 Å². The van der Waals surface area contributed by atoms with Crippen molar-refractivity contribution in [3.8, 4) is 11.5 Å². The molecule has 0 bridgehead atoms. The van der Waals surface area contributed by atoms with E-state index in [0.29, 0.717) is 16.7 Å². The van der Waals surface area contributed by atoms with Crippen LogP contribution >= 0.6 is 0 Å². The minimum Gasteiger partial charge on any atom is -0.744 e. The van der Waals surface area contributed by atoms with E-state index in [0.717, 1.165) is 0 Å². The summed E-state index contributed by atoms with van der Waals surface area (Å²) in [6.45, 7) is 0. The molecule has 0 fully saturated rings. The number of nitrogens with zero attached hydrogens (tertiary/aromatic N) is 1. The van der Waals surface area contributed by atoms with Crippen molar-refractivity contribution < 1.29 is 78.3 Å². The minimum absolute atomic E-state index is 0. The number of oxazole rings is 1. The van der Waals surface area contributed by atoms with E-state index in [-0.39, 0.29) is 67.7 Å². The Balaban J connectivity index is 0.00000208. The van der Waals surface area contributed by atoms with Gasteiger partial charge in [-0.1, -0.05) is 6.07 Å². The van der Waals surface area contributed by atoms with Crippen molar-refractivity contribution in [2.75, 3.05) is 7.11 Å². The van der Waals surface area contributed by atoms with Gasteiger partial charge in [-0.25, -0.2) is 18.2 Å². The number of ether oxygens (including phenoxy) is 1. The molecule has 0 saturated carbocycles. The van der Waals surface area contributed by atoms with Gasteiger partial charge in [0.15, 0.2) is 5.58 Å². The number of rotatable bonds is 3. The van der Waals surface area contributed by atoms with Crippen LogP contribution in [0.5, 0.6) is 0 Å². The molecule has 0 aliphatic rings. The minimum atomic E-state index is -4.51. The van der Waals surface area contributed by atoms with Gasteiger partial charge in [-0.2, -0.15) is 0 Å². The molecule has 0 amide bonds. The Morgan fingerprint density at radius 1 is 1.17 bits per heavy atom. The fraction of sp³-hybridized carbons (Fsp3) is 0.0667. The van der Waals surface area contributed by atoms with Gasteiger partial charge >= 0.3 is 57.4 Å². The molecule has 2 aromatic carbocycles. The van der Waals surface area contributed by atoms with Gasteiger partial charge in [-0.3, -0.25) is 0 Å². The summed E-state index contributed by atoms with van der Waals surface area (Å²) in [6.07, 6.45) is 0. The van der Waals surface area contributed by atoms with Crippen LogP contribution in [-0.4, -0.2) is 31.0 Å². The second kappa shape index (κ2) is 7.44. The number of hydrogen-bond acceptors (Lipinski definition) is 7. The average Bonchev–Trinajstić information content (AvgIpc) is 2.97. The average molecular weight is 371 g/mol. The van der Waals surface area contributed by atoms with E-state index in [1.807, 2.05) is 0 Å². The van der Waals surface area contributed by atoms with Crippen molar-refractivity contribution >= 4 is 27.2 Å². The number of para-hydroxylation sites is 1. The van der Waals surface area contributed by atoms with E-state index < -0.39 is 16.1 Å². The number of fused-ring (bicyclic) bond motifs is 1. The van der Waals surface area contributed by atoms with E-state index in [4.69, 9.17) is 9.15 Å². The molecule has 0 aliphatic carbocycles. The Bertz CT molecular complexity index is 994. The van der Waals surface area contributed by atoms with Gasteiger partial charge in [0.05, 0.1) is 17.6 Å². The van der Waals surface area contributed by atoms with Gasteiger partial charge in [0.2, 0.25) is 5.89 Å². The number of benzene rings is 2. The monoisotopic (exact) mass is 371 g/mol. The topological polar surface area (TPSA) is 110 Å². The normalized spacial score (nSPS) is 11.1. The van der Waals surface area contributed by atoms with Crippen LogP contribution in [0, 0.1) is 0 Å². The summed E-state index contributed by atoms with van der Waals surface area (Å²) in [5.74, 6) is -0.338. The Morgan fingerprint density at radius 2 is 1.83 bits per heavy atom. The number of hydrogen-bond donors (Lipinski definition) is 0. The third-order valence-electron chi connectivity index (χ3n) is 3.21. The van der Waals surface area contributed by atoms with E-state index in [2.05, 4.69) is 4.98 Å². The van der Waals surface area contributed by atoms with Gasteiger partial charge in [-0.05, 0) is 36.4 Å². The molecule has 118 valence electrons. The van der Waals surface area contributed by atoms with Crippen LogP contribution in [0.3, 0.4) is 0 Å². The molecule has 0 saturated heterocycles. The maximum Gasteiger partial charge on any atom is 1.00 e. The molecule has 1 aromatic heterocycles. The summed E-state index contributed by atoms with van der Waals surface area (Å²) in [5.41, 5.74) is 1.47. The molecule has 0 atom stereocenters. The van der Waals surface area contributed by atoms with Gasteiger partial charge in [0, 0.05) is 5.56 Å². The Morgan fingerprint density at radius 3 is 2.42 bits per heavy atom. The molecule has 1 heterocycles. The molecule has 0 N–H and O–H groups in total. The van der Waals surface area contributed by atoms with Crippen molar-refractivity contribution in [2.24, 2.45) is 0 Å². The zero-order chi connectivity index (χ0) is 16.6. The number of esters is 1. The second-order valence-electron chi connectivity index (χ2n) is 4.64. The molecule has 9 heteroatoms. The smallest absolute Gasteiger partial charge is 0.744 e. The van der Waals surface area contributed by atoms with Crippen LogP contribution in [0.15, 0.2) is 51.8 Å². The third kappa shape index (κ3) is 3.77. The summed E-state index contributed by atoms with van der Waals surface area (Å²) in [4.78, 5) is 15.6. The van der Waals surface area contributed by atoms with Crippen LogP contribution in [0.25, 0.3) is 22.6 Å². The quantitative estimate of drug-likeness (QED) is 0.336. The number of aromatic nitrogens is 1. The standard InChI is InChI=1S/C15H11NO6S.K/c1-21-15(17)11-3-2-4-12-13(11)16-14(22-12)9-5-7-10(8-6-9)23(18,19)20;/h2-8H,1H3,(H,18,19,20);/q;+1/p-1. The SMILES string of the molecule is COC(=O)c1cccc2oc(-c3ccc(S(=O)(=O)[O-])cc3)nc12.[K+]. The molecular formula is C15H10KNO6S. The van der Waals surface area contributed by atoms with E-state index >= 15 is 0 Å². The molecule has 0 unspecified atom stereocenters. The van der Waals surface area contributed by atoms with Crippen LogP contribution in [0.4, 0.5) is 0 Å². The largest absolute Gasteiger partial charge is 1.00 e. The fourth-order valence-corrected chi connectivity index (χ4v) is 2.58. The molecule has 3 aromatic rings. The van der Waals surface area contributed by atoms with Crippen molar-refractivity contribution in [1.82, 2.24) is 4.98 Å². The summed E-state index contributed by atoms with van der Waals surface area (Å²) in [6, 6.07) is 10.0. The molecule has 0 spiro atoms. The van der Waals surface area contributed by atoms with Crippen molar-refractivity contribution in [3.05, 3.63) is 48.0 Å². The van der Waals surface area contributed by atoms with Crippen LogP contribution in [0.2, 0.25) is 0 Å². The molecule has 7 nitrogen and oxygen atoms in total. The molecule has 3 rings (SSSR count). The molecule has 24 heavy (non-hydrogen) atoms. The number of carbonyl (C=O) groups excluding carboxylic acids is 1. The number of carbonyl (C=O) groups is 1. The van der Waals surface area contributed by atoms with Crippen LogP contribution in [-0.2, 0) is 14.9 Å². The Kier molecular flexibility index (Phi) is 5.97. The fourth-order valence-electron chi connectivity index (χ4n) is 2.11. The first-order valence-electron chi connectivity index (χ1n) is 6.44. The van der Waals surface area contributed by atoms with E-state index in [1.165, 1.54) is 31.4 Å². The predicted octanol–water partition coefficient (Wildman–Crippen LogP) is -0.811. The van der Waals surface area contributed by atoms with E-state index in [1.54, 1.807) is 18.2 Å². The van der Waals surface area contributed by atoms with Gasteiger partial charge in [0.1, 0.15) is 15.6 Å². The second-order valence-corrected chi connectivity index (χ2v) is 6.02.